The monoisotopic (exact) mass is 277 g/mol. The van der Waals surface area contributed by atoms with E-state index in [1.165, 1.54) is 19.8 Å². The van der Waals surface area contributed by atoms with Gasteiger partial charge in [-0.1, -0.05) is 0 Å². The van der Waals surface area contributed by atoms with E-state index in [1.807, 2.05) is 6.07 Å². The minimum absolute atomic E-state index is 0.0559. The maximum Gasteiger partial charge on any atom is 0.163 e. The van der Waals surface area contributed by atoms with Crippen LogP contribution in [0.5, 0.6) is 5.75 Å². The molecule has 0 aliphatic heterocycles. The lowest BCUT2D eigenvalue weighted by atomic mass is 10.1. The van der Waals surface area contributed by atoms with Crippen LogP contribution in [0.3, 0.4) is 0 Å². The first-order chi connectivity index (χ1) is 9.54. The number of Topliss-reactive ketones (excluding diaryl/α,β-unsaturated/α-hetero) is 1. The molecule has 1 fully saturated rings. The van der Waals surface area contributed by atoms with E-state index in [0.717, 1.165) is 18.2 Å². The fraction of sp³-hybridized carbons (Fsp3) is 0.562. The zero-order chi connectivity index (χ0) is 14.7. The number of ether oxygens (including phenoxy) is 1. The highest BCUT2D eigenvalue weighted by Crippen LogP contribution is 2.37. The van der Waals surface area contributed by atoms with Gasteiger partial charge >= 0.3 is 0 Å². The summed E-state index contributed by atoms with van der Waals surface area (Å²) < 4.78 is 5.18. The Morgan fingerprint density at radius 1 is 1.50 bits per heavy atom. The molecular formula is C16H23NO3. The van der Waals surface area contributed by atoms with Gasteiger partial charge in [0.1, 0.15) is 5.75 Å². The van der Waals surface area contributed by atoms with Crippen molar-refractivity contribution in [3.8, 4) is 5.75 Å². The second-order valence-electron chi connectivity index (χ2n) is 5.52. The number of rotatable bonds is 7. The first-order valence-corrected chi connectivity index (χ1v) is 7.14. The number of nitrogens with zero attached hydrogens (tertiary/aromatic N) is 1. The number of benzene rings is 1. The Morgan fingerprint density at radius 3 is 2.70 bits per heavy atom. The smallest absolute Gasteiger partial charge is 0.163 e. The molecule has 1 aromatic rings. The Labute approximate surface area is 120 Å². The molecule has 0 bridgehead atoms. The van der Waals surface area contributed by atoms with Gasteiger partial charge in [0.05, 0.1) is 12.2 Å². The van der Waals surface area contributed by atoms with Gasteiger partial charge in [0, 0.05) is 31.5 Å². The molecule has 1 aliphatic carbocycles. The first kappa shape index (κ1) is 14.9. The quantitative estimate of drug-likeness (QED) is 0.779. The highest BCUT2D eigenvalue weighted by molar-refractivity contribution is 5.97. The summed E-state index contributed by atoms with van der Waals surface area (Å²) in [6, 6.07) is 5.72. The number of hydrogen-bond donors (Lipinski definition) is 1. The van der Waals surface area contributed by atoms with E-state index in [4.69, 9.17) is 4.74 Å². The van der Waals surface area contributed by atoms with Crippen LogP contribution in [0.2, 0.25) is 0 Å². The van der Waals surface area contributed by atoms with Crippen LogP contribution in [0.15, 0.2) is 18.2 Å². The van der Waals surface area contributed by atoms with Crippen molar-refractivity contribution in [3.05, 3.63) is 23.8 Å². The van der Waals surface area contributed by atoms with Gasteiger partial charge in [-0.15, -0.1) is 0 Å². The van der Waals surface area contributed by atoms with Crippen molar-refractivity contribution < 1.29 is 14.6 Å². The maximum absolute atomic E-state index is 11.4. The fourth-order valence-corrected chi connectivity index (χ4v) is 2.59. The van der Waals surface area contributed by atoms with Gasteiger partial charge in [0.2, 0.25) is 0 Å². The molecule has 1 atom stereocenters. The van der Waals surface area contributed by atoms with E-state index in [0.29, 0.717) is 18.2 Å². The van der Waals surface area contributed by atoms with Crippen LogP contribution >= 0.6 is 0 Å². The fourth-order valence-electron chi connectivity index (χ4n) is 2.59. The first-order valence-electron chi connectivity index (χ1n) is 7.14. The number of methoxy groups -OCH3 is 1. The highest BCUT2D eigenvalue weighted by Gasteiger charge is 2.32. The van der Waals surface area contributed by atoms with Crippen LogP contribution in [-0.2, 0) is 4.74 Å². The number of phenols is 1. The van der Waals surface area contributed by atoms with Crippen LogP contribution in [0.4, 0.5) is 5.69 Å². The van der Waals surface area contributed by atoms with E-state index in [2.05, 4.69) is 11.8 Å². The summed E-state index contributed by atoms with van der Waals surface area (Å²) in [6.07, 6.45) is 2.53. The molecule has 1 aromatic carbocycles. The topological polar surface area (TPSA) is 49.8 Å². The van der Waals surface area contributed by atoms with Crippen molar-refractivity contribution in [2.75, 3.05) is 25.2 Å². The molecule has 0 radical (unpaired) electrons. The predicted molar refractivity (Wildman–Crippen MR) is 79.5 cm³/mol. The van der Waals surface area contributed by atoms with Crippen molar-refractivity contribution in [2.24, 2.45) is 5.92 Å². The van der Waals surface area contributed by atoms with Gasteiger partial charge in [0.25, 0.3) is 0 Å². The molecule has 1 saturated carbocycles. The number of anilines is 1. The molecule has 1 unspecified atom stereocenters. The summed E-state index contributed by atoms with van der Waals surface area (Å²) in [5.41, 5.74) is 1.32. The number of hydrogen-bond acceptors (Lipinski definition) is 4. The lowest BCUT2D eigenvalue weighted by Crippen LogP contribution is -2.37. The highest BCUT2D eigenvalue weighted by atomic mass is 16.5. The van der Waals surface area contributed by atoms with E-state index >= 15 is 0 Å². The Kier molecular flexibility index (Phi) is 4.65. The lowest BCUT2D eigenvalue weighted by molar-refractivity contribution is 0.101. The molecule has 0 spiro atoms. The summed E-state index contributed by atoms with van der Waals surface area (Å²) in [5.74, 6) is 0.662. The molecule has 0 heterocycles. The van der Waals surface area contributed by atoms with Gasteiger partial charge in [-0.3, -0.25) is 4.79 Å². The average Bonchev–Trinajstić information content (AvgIpc) is 3.22. The number of ketones is 1. The van der Waals surface area contributed by atoms with Crippen molar-refractivity contribution in [1.82, 2.24) is 0 Å². The van der Waals surface area contributed by atoms with Crippen LogP contribution in [-0.4, -0.2) is 37.2 Å². The van der Waals surface area contributed by atoms with E-state index in [1.54, 1.807) is 19.2 Å². The molecule has 4 nitrogen and oxygen atoms in total. The summed E-state index contributed by atoms with van der Waals surface area (Å²) in [6.45, 7) is 5.10. The Hall–Kier alpha value is -1.55. The third-order valence-electron chi connectivity index (χ3n) is 4.02. The number of carbonyl (C=O) groups is 1. The van der Waals surface area contributed by atoms with Gasteiger partial charge in [-0.25, -0.2) is 0 Å². The van der Waals surface area contributed by atoms with Crippen LogP contribution in [0, 0.1) is 5.92 Å². The molecule has 0 amide bonds. The van der Waals surface area contributed by atoms with Crippen molar-refractivity contribution >= 4 is 11.5 Å². The van der Waals surface area contributed by atoms with Gasteiger partial charge in [-0.05, 0) is 44.7 Å². The van der Waals surface area contributed by atoms with Crippen molar-refractivity contribution in [2.45, 2.75) is 32.7 Å². The molecule has 110 valence electrons. The third-order valence-corrected chi connectivity index (χ3v) is 4.02. The Balaban J connectivity index is 2.23. The van der Waals surface area contributed by atoms with E-state index in [-0.39, 0.29) is 11.5 Å². The van der Waals surface area contributed by atoms with Gasteiger partial charge < -0.3 is 14.7 Å². The lowest BCUT2D eigenvalue weighted by Gasteiger charge is -2.31. The number of phenolic OH excluding ortho intramolecular Hbond substituents is 1. The zero-order valence-corrected chi connectivity index (χ0v) is 12.4. The normalized spacial score (nSPS) is 15.9. The Bertz CT molecular complexity index is 483. The van der Waals surface area contributed by atoms with Gasteiger partial charge in [-0.2, -0.15) is 0 Å². The number of carbonyl (C=O) groups excluding carboxylic acids is 1. The van der Waals surface area contributed by atoms with Crippen molar-refractivity contribution in [1.29, 1.82) is 0 Å². The molecular weight excluding hydrogens is 254 g/mol. The molecule has 0 saturated heterocycles. The van der Waals surface area contributed by atoms with Gasteiger partial charge in [0.15, 0.2) is 5.78 Å². The predicted octanol–water partition coefficient (Wildman–Crippen LogP) is 2.85. The third kappa shape index (κ3) is 3.31. The molecule has 1 N–H and O–H groups in total. The number of aromatic hydroxyl groups is 1. The largest absolute Gasteiger partial charge is 0.507 e. The summed E-state index contributed by atoms with van der Waals surface area (Å²) in [7, 11) is 1.69. The second kappa shape index (κ2) is 6.27. The SMILES string of the molecule is COCCN(c1ccc(C(C)=O)c(O)c1)C(C)C1CC1. The molecule has 2 rings (SSSR count). The molecule has 1 aliphatic rings. The van der Waals surface area contributed by atoms with Crippen LogP contribution in [0.25, 0.3) is 0 Å². The van der Waals surface area contributed by atoms with Crippen LogP contribution < -0.4 is 4.90 Å². The Morgan fingerprint density at radius 2 is 2.20 bits per heavy atom. The minimum atomic E-state index is -0.118. The minimum Gasteiger partial charge on any atom is -0.507 e. The average molecular weight is 277 g/mol. The summed E-state index contributed by atoms with van der Waals surface area (Å²) in [4.78, 5) is 13.6. The van der Waals surface area contributed by atoms with Crippen molar-refractivity contribution in [3.63, 3.8) is 0 Å². The maximum atomic E-state index is 11.4. The standard InChI is InChI=1S/C16H23NO3/c1-11(13-4-5-13)17(8-9-20-3)14-6-7-15(12(2)18)16(19)10-14/h6-7,10-11,13,19H,4-5,8-9H2,1-3H3. The molecule has 4 heteroatoms. The summed E-state index contributed by atoms with van der Waals surface area (Å²) in [5, 5.41) is 9.99. The summed E-state index contributed by atoms with van der Waals surface area (Å²) >= 11 is 0. The van der Waals surface area contributed by atoms with E-state index in [9.17, 15) is 9.90 Å². The zero-order valence-electron chi connectivity index (χ0n) is 12.4. The molecule has 20 heavy (non-hydrogen) atoms. The van der Waals surface area contributed by atoms with E-state index < -0.39 is 0 Å². The van der Waals surface area contributed by atoms with Crippen LogP contribution in [0.1, 0.15) is 37.0 Å². The second-order valence-corrected chi connectivity index (χ2v) is 5.52. The molecule has 0 aromatic heterocycles.